The first-order valence-corrected chi connectivity index (χ1v) is 7.78. The molecule has 0 aliphatic carbocycles. The van der Waals surface area contributed by atoms with Gasteiger partial charge in [0.25, 0.3) is 0 Å². The molecule has 0 aliphatic rings. The molecular weight excluding hydrogens is 302 g/mol. The molecule has 19 heavy (non-hydrogen) atoms. The lowest BCUT2D eigenvalue weighted by molar-refractivity contribution is 0.242. The fourth-order valence-electron chi connectivity index (χ4n) is 1.79. The summed E-state index contributed by atoms with van der Waals surface area (Å²) in [5, 5.41) is 3.41. The zero-order valence-electron chi connectivity index (χ0n) is 12.7. The highest BCUT2D eigenvalue weighted by Gasteiger charge is 2.11. The SMILES string of the molecule is CCNC(C)c1ccc(OCCC(C)(C)C)c(Br)c1. The molecule has 0 saturated heterocycles. The van der Waals surface area contributed by atoms with Crippen molar-refractivity contribution < 1.29 is 4.74 Å². The van der Waals surface area contributed by atoms with Crippen LogP contribution in [0.2, 0.25) is 0 Å². The number of hydrogen-bond acceptors (Lipinski definition) is 2. The molecule has 1 atom stereocenters. The molecule has 0 spiro atoms. The molecule has 0 heterocycles. The Bertz CT molecular complexity index is 398. The van der Waals surface area contributed by atoms with Gasteiger partial charge in [-0.05, 0) is 58.9 Å². The van der Waals surface area contributed by atoms with Gasteiger partial charge in [-0.2, -0.15) is 0 Å². The van der Waals surface area contributed by atoms with Gasteiger partial charge in [-0.15, -0.1) is 0 Å². The molecule has 1 rings (SSSR count). The molecule has 3 heteroatoms. The van der Waals surface area contributed by atoms with Crippen LogP contribution in [0.5, 0.6) is 5.75 Å². The van der Waals surface area contributed by atoms with Crippen LogP contribution in [-0.2, 0) is 0 Å². The quantitative estimate of drug-likeness (QED) is 0.799. The van der Waals surface area contributed by atoms with Crippen molar-refractivity contribution in [3.63, 3.8) is 0 Å². The summed E-state index contributed by atoms with van der Waals surface area (Å²) in [6, 6.07) is 6.69. The van der Waals surface area contributed by atoms with Crippen molar-refractivity contribution >= 4 is 15.9 Å². The molecule has 0 amide bonds. The molecule has 0 aliphatic heterocycles. The van der Waals surface area contributed by atoms with E-state index in [0.29, 0.717) is 11.5 Å². The van der Waals surface area contributed by atoms with Crippen LogP contribution in [0, 0.1) is 5.41 Å². The Hall–Kier alpha value is -0.540. The van der Waals surface area contributed by atoms with Gasteiger partial charge in [0.1, 0.15) is 5.75 Å². The van der Waals surface area contributed by atoms with E-state index >= 15 is 0 Å². The zero-order chi connectivity index (χ0) is 14.5. The molecule has 0 aromatic heterocycles. The van der Waals surface area contributed by atoms with E-state index in [-0.39, 0.29) is 0 Å². The van der Waals surface area contributed by atoms with Gasteiger partial charge in [-0.3, -0.25) is 0 Å². The summed E-state index contributed by atoms with van der Waals surface area (Å²) in [7, 11) is 0. The molecule has 0 saturated carbocycles. The lowest BCUT2D eigenvalue weighted by Gasteiger charge is -2.19. The summed E-state index contributed by atoms with van der Waals surface area (Å²) in [5.41, 5.74) is 1.59. The van der Waals surface area contributed by atoms with E-state index in [2.05, 4.69) is 74.1 Å². The Morgan fingerprint density at radius 3 is 2.53 bits per heavy atom. The molecular formula is C16H26BrNO. The van der Waals surface area contributed by atoms with Crippen LogP contribution in [-0.4, -0.2) is 13.2 Å². The molecule has 0 radical (unpaired) electrons. The van der Waals surface area contributed by atoms with Crippen LogP contribution in [0.25, 0.3) is 0 Å². The highest BCUT2D eigenvalue weighted by molar-refractivity contribution is 9.10. The minimum Gasteiger partial charge on any atom is -0.492 e. The molecule has 1 aromatic carbocycles. The van der Waals surface area contributed by atoms with Gasteiger partial charge in [0.15, 0.2) is 0 Å². The minimum atomic E-state index is 0.311. The van der Waals surface area contributed by atoms with Crippen molar-refractivity contribution in [2.75, 3.05) is 13.2 Å². The Labute approximate surface area is 126 Å². The maximum atomic E-state index is 5.84. The minimum absolute atomic E-state index is 0.311. The average Bonchev–Trinajstić information content (AvgIpc) is 2.30. The van der Waals surface area contributed by atoms with E-state index in [1.165, 1.54) is 5.56 Å². The zero-order valence-corrected chi connectivity index (χ0v) is 14.3. The fourth-order valence-corrected chi connectivity index (χ4v) is 2.31. The number of ether oxygens (including phenoxy) is 1. The van der Waals surface area contributed by atoms with Gasteiger partial charge in [0.05, 0.1) is 11.1 Å². The van der Waals surface area contributed by atoms with Crippen molar-refractivity contribution in [3.8, 4) is 5.75 Å². The molecule has 108 valence electrons. The van der Waals surface area contributed by atoms with Crippen LogP contribution in [0.3, 0.4) is 0 Å². The highest BCUT2D eigenvalue weighted by Crippen LogP contribution is 2.29. The summed E-state index contributed by atoms with van der Waals surface area (Å²) in [5.74, 6) is 0.927. The van der Waals surface area contributed by atoms with E-state index in [4.69, 9.17) is 4.74 Å². The van der Waals surface area contributed by atoms with Crippen molar-refractivity contribution in [1.29, 1.82) is 0 Å². The Morgan fingerprint density at radius 2 is 2.00 bits per heavy atom. The van der Waals surface area contributed by atoms with Gasteiger partial charge >= 0.3 is 0 Å². The predicted molar refractivity (Wildman–Crippen MR) is 85.8 cm³/mol. The van der Waals surface area contributed by atoms with Gasteiger partial charge in [0, 0.05) is 6.04 Å². The summed E-state index contributed by atoms with van der Waals surface area (Å²) < 4.78 is 6.87. The summed E-state index contributed by atoms with van der Waals surface area (Å²) >= 11 is 3.59. The normalized spacial score (nSPS) is 13.4. The first-order valence-electron chi connectivity index (χ1n) is 6.99. The molecule has 1 aromatic rings. The summed E-state index contributed by atoms with van der Waals surface area (Å²) in [4.78, 5) is 0. The third kappa shape index (κ3) is 5.96. The predicted octanol–water partition coefficient (Wildman–Crippen LogP) is 4.93. The van der Waals surface area contributed by atoms with Crippen LogP contribution < -0.4 is 10.1 Å². The van der Waals surface area contributed by atoms with Crippen molar-refractivity contribution in [2.45, 2.75) is 47.1 Å². The maximum Gasteiger partial charge on any atom is 0.133 e. The monoisotopic (exact) mass is 327 g/mol. The van der Waals surface area contributed by atoms with Crippen LogP contribution >= 0.6 is 15.9 Å². The van der Waals surface area contributed by atoms with E-state index in [0.717, 1.165) is 29.8 Å². The van der Waals surface area contributed by atoms with Gasteiger partial charge in [-0.25, -0.2) is 0 Å². The van der Waals surface area contributed by atoms with Gasteiger partial charge < -0.3 is 10.1 Å². The second-order valence-corrected chi connectivity index (χ2v) is 6.98. The lowest BCUT2D eigenvalue weighted by Crippen LogP contribution is -2.17. The fraction of sp³-hybridized carbons (Fsp3) is 0.625. The Kier molecular flexibility index (Phi) is 6.34. The summed E-state index contributed by atoms with van der Waals surface area (Å²) in [6.45, 7) is 12.7. The number of hydrogen-bond donors (Lipinski definition) is 1. The van der Waals surface area contributed by atoms with Crippen molar-refractivity contribution in [3.05, 3.63) is 28.2 Å². The average molecular weight is 328 g/mol. The number of benzene rings is 1. The molecule has 1 unspecified atom stereocenters. The third-order valence-corrected chi connectivity index (χ3v) is 3.70. The van der Waals surface area contributed by atoms with Crippen LogP contribution in [0.1, 0.15) is 52.6 Å². The molecule has 2 nitrogen and oxygen atoms in total. The molecule has 0 fully saturated rings. The topological polar surface area (TPSA) is 21.3 Å². The van der Waals surface area contributed by atoms with E-state index in [1.807, 2.05) is 0 Å². The molecule has 0 bridgehead atoms. The Morgan fingerprint density at radius 1 is 1.32 bits per heavy atom. The second-order valence-electron chi connectivity index (χ2n) is 6.13. The van der Waals surface area contributed by atoms with E-state index < -0.39 is 0 Å². The van der Waals surface area contributed by atoms with E-state index in [1.54, 1.807) is 0 Å². The number of rotatable bonds is 6. The van der Waals surface area contributed by atoms with Crippen LogP contribution in [0.4, 0.5) is 0 Å². The first kappa shape index (κ1) is 16.5. The second kappa shape index (κ2) is 7.30. The lowest BCUT2D eigenvalue weighted by atomic mass is 9.93. The van der Waals surface area contributed by atoms with Gasteiger partial charge in [-0.1, -0.05) is 33.8 Å². The largest absolute Gasteiger partial charge is 0.492 e. The number of halogens is 1. The Balaban J connectivity index is 2.62. The third-order valence-electron chi connectivity index (χ3n) is 3.08. The first-order chi connectivity index (χ1) is 8.83. The standard InChI is InChI=1S/C16H26BrNO/c1-6-18-12(2)13-7-8-15(14(17)11-13)19-10-9-16(3,4)5/h7-8,11-12,18H,6,9-10H2,1-5H3. The van der Waals surface area contributed by atoms with Crippen molar-refractivity contribution in [1.82, 2.24) is 5.32 Å². The molecule has 1 N–H and O–H groups in total. The summed E-state index contributed by atoms with van der Waals surface area (Å²) in [6.07, 6.45) is 1.05. The van der Waals surface area contributed by atoms with Gasteiger partial charge in [0.2, 0.25) is 0 Å². The van der Waals surface area contributed by atoms with E-state index in [9.17, 15) is 0 Å². The smallest absolute Gasteiger partial charge is 0.133 e. The maximum absolute atomic E-state index is 5.84. The highest BCUT2D eigenvalue weighted by atomic mass is 79.9. The number of nitrogens with one attached hydrogen (secondary N) is 1. The van der Waals surface area contributed by atoms with Crippen LogP contribution in [0.15, 0.2) is 22.7 Å². The van der Waals surface area contributed by atoms with Crippen molar-refractivity contribution in [2.24, 2.45) is 5.41 Å².